The van der Waals surface area contributed by atoms with Crippen molar-refractivity contribution in [2.24, 2.45) is 5.41 Å². The zero-order valence-electron chi connectivity index (χ0n) is 12.6. The van der Waals surface area contributed by atoms with Crippen molar-refractivity contribution in [1.82, 2.24) is 4.31 Å². The normalized spacial score (nSPS) is 17.6. The van der Waals surface area contributed by atoms with Crippen LogP contribution in [0.3, 0.4) is 0 Å². The molecule has 116 valence electrons. The molecule has 1 aromatic carbocycles. The van der Waals surface area contributed by atoms with Gasteiger partial charge < -0.3 is 5.73 Å². The Bertz CT molecular complexity index is 655. The summed E-state index contributed by atoms with van der Waals surface area (Å²) >= 11 is 0. The lowest BCUT2D eigenvalue weighted by atomic mass is 9.83. The van der Waals surface area contributed by atoms with Crippen molar-refractivity contribution in [3.63, 3.8) is 0 Å². The van der Waals surface area contributed by atoms with Gasteiger partial charge in [-0.1, -0.05) is 32.4 Å². The zero-order valence-corrected chi connectivity index (χ0v) is 13.4. The van der Waals surface area contributed by atoms with Gasteiger partial charge in [-0.05, 0) is 30.0 Å². The summed E-state index contributed by atoms with van der Waals surface area (Å²) in [4.78, 5) is -0.0902. The Hall–Kier alpha value is -1.40. The smallest absolute Gasteiger partial charge is 0.243 e. The van der Waals surface area contributed by atoms with E-state index in [4.69, 9.17) is 5.73 Å². The van der Waals surface area contributed by atoms with Crippen molar-refractivity contribution in [2.75, 3.05) is 18.8 Å². The highest BCUT2D eigenvalue weighted by atomic mass is 32.2. The molecule has 0 spiro atoms. The maximum Gasteiger partial charge on any atom is 0.243 e. The van der Waals surface area contributed by atoms with E-state index in [9.17, 15) is 12.8 Å². The number of hydrogen-bond donors (Lipinski definition) is 1. The highest BCUT2D eigenvalue weighted by Gasteiger charge is 2.29. The molecule has 0 unspecified atom stereocenters. The minimum Gasteiger partial charge on any atom is -0.399 e. The molecule has 0 saturated heterocycles. The molecule has 0 radical (unpaired) electrons. The van der Waals surface area contributed by atoms with Crippen LogP contribution in [-0.4, -0.2) is 25.8 Å². The van der Waals surface area contributed by atoms with Crippen LogP contribution in [-0.2, 0) is 10.0 Å². The fourth-order valence-corrected chi connectivity index (χ4v) is 3.88. The first-order valence-corrected chi connectivity index (χ1v) is 8.30. The van der Waals surface area contributed by atoms with Gasteiger partial charge in [-0.25, -0.2) is 12.8 Å². The molecule has 4 nitrogen and oxygen atoms in total. The van der Waals surface area contributed by atoms with Crippen LogP contribution in [0.5, 0.6) is 0 Å². The summed E-state index contributed by atoms with van der Waals surface area (Å²) in [6.45, 7) is 7.04. The Balaban J connectivity index is 2.28. The first-order chi connectivity index (χ1) is 9.60. The summed E-state index contributed by atoms with van der Waals surface area (Å²) in [6, 6.07) is 3.41. The molecule has 0 fully saturated rings. The van der Waals surface area contributed by atoms with E-state index in [2.05, 4.69) is 20.8 Å². The summed E-state index contributed by atoms with van der Waals surface area (Å²) in [7, 11) is -3.71. The van der Waals surface area contributed by atoms with Crippen LogP contribution in [0.4, 0.5) is 10.1 Å². The number of rotatable bonds is 2. The molecule has 1 aliphatic rings. The zero-order chi connectivity index (χ0) is 15.8. The van der Waals surface area contributed by atoms with Crippen LogP contribution >= 0.6 is 0 Å². The number of hydrogen-bond acceptors (Lipinski definition) is 3. The van der Waals surface area contributed by atoms with Gasteiger partial charge in [0.15, 0.2) is 0 Å². The average Bonchev–Trinajstić information content (AvgIpc) is 2.36. The molecule has 1 heterocycles. The van der Waals surface area contributed by atoms with Gasteiger partial charge in [-0.2, -0.15) is 4.31 Å². The Morgan fingerprint density at radius 1 is 1.24 bits per heavy atom. The summed E-state index contributed by atoms with van der Waals surface area (Å²) in [6.07, 6.45) is 2.64. The van der Waals surface area contributed by atoms with Gasteiger partial charge in [0.25, 0.3) is 0 Å². The van der Waals surface area contributed by atoms with Gasteiger partial charge in [-0.3, -0.25) is 0 Å². The Morgan fingerprint density at radius 3 is 2.38 bits per heavy atom. The third-order valence-electron chi connectivity index (χ3n) is 3.67. The molecule has 21 heavy (non-hydrogen) atoms. The highest BCUT2D eigenvalue weighted by Crippen LogP contribution is 2.32. The number of nitrogen functional groups attached to an aromatic ring is 1. The van der Waals surface area contributed by atoms with Crippen molar-refractivity contribution in [3.05, 3.63) is 35.7 Å². The second-order valence-corrected chi connectivity index (χ2v) is 8.25. The SMILES string of the molecule is CC(C)(C)C1=CCN(S(=O)(=O)c2cc(N)cc(F)c2)CC1. The molecule has 0 atom stereocenters. The molecule has 2 N–H and O–H groups in total. The van der Waals surface area contributed by atoms with Gasteiger partial charge in [0.1, 0.15) is 5.82 Å². The molecule has 0 aliphatic carbocycles. The average molecular weight is 312 g/mol. The molecular weight excluding hydrogens is 291 g/mol. The van der Waals surface area contributed by atoms with Crippen LogP contribution in [0.2, 0.25) is 0 Å². The number of sulfonamides is 1. The third kappa shape index (κ3) is 3.44. The number of nitrogens with zero attached hydrogens (tertiary/aromatic N) is 1. The van der Waals surface area contributed by atoms with E-state index in [1.807, 2.05) is 6.08 Å². The largest absolute Gasteiger partial charge is 0.399 e. The first kappa shape index (κ1) is 16.0. The first-order valence-electron chi connectivity index (χ1n) is 6.86. The second-order valence-electron chi connectivity index (χ2n) is 6.31. The highest BCUT2D eigenvalue weighted by molar-refractivity contribution is 7.89. The lowest BCUT2D eigenvalue weighted by Crippen LogP contribution is -2.36. The fourth-order valence-electron chi connectivity index (χ4n) is 2.43. The van der Waals surface area contributed by atoms with Crippen molar-refractivity contribution in [1.29, 1.82) is 0 Å². The van der Waals surface area contributed by atoms with Crippen molar-refractivity contribution in [2.45, 2.75) is 32.1 Å². The van der Waals surface area contributed by atoms with Gasteiger partial charge >= 0.3 is 0 Å². The predicted octanol–water partition coefficient (Wildman–Crippen LogP) is 2.77. The van der Waals surface area contributed by atoms with Gasteiger partial charge in [0, 0.05) is 18.8 Å². The maximum atomic E-state index is 13.4. The van der Waals surface area contributed by atoms with Crippen LogP contribution in [0.1, 0.15) is 27.2 Å². The van der Waals surface area contributed by atoms with E-state index in [1.54, 1.807) is 0 Å². The summed E-state index contributed by atoms with van der Waals surface area (Å²) < 4.78 is 39.8. The number of nitrogens with two attached hydrogens (primary N) is 1. The van der Waals surface area contributed by atoms with E-state index in [-0.39, 0.29) is 16.0 Å². The van der Waals surface area contributed by atoms with E-state index >= 15 is 0 Å². The quantitative estimate of drug-likeness (QED) is 0.674. The maximum absolute atomic E-state index is 13.4. The molecule has 0 aromatic heterocycles. The molecule has 2 rings (SSSR count). The summed E-state index contributed by atoms with van der Waals surface area (Å²) in [5.41, 5.74) is 6.92. The van der Waals surface area contributed by atoms with Gasteiger partial charge in [0.2, 0.25) is 10.0 Å². The van der Waals surface area contributed by atoms with Crippen molar-refractivity contribution in [3.8, 4) is 0 Å². The van der Waals surface area contributed by atoms with E-state index in [0.29, 0.717) is 19.5 Å². The lowest BCUT2D eigenvalue weighted by Gasteiger charge is -2.31. The summed E-state index contributed by atoms with van der Waals surface area (Å²) in [5.74, 6) is -0.642. The molecular formula is C15H21FN2O2S. The van der Waals surface area contributed by atoms with Gasteiger partial charge in [-0.15, -0.1) is 0 Å². The fraction of sp³-hybridized carbons (Fsp3) is 0.467. The molecule has 0 saturated carbocycles. The Kier molecular flexibility index (Phi) is 4.13. The Labute approximate surface area is 125 Å². The predicted molar refractivity (Wildman–Crippen MR) is 81.7 cm³/mol. The molecule has 1 aromatic rings. The van der Waals surface area contributed by atoms with E-state index < -0.39 is 15.8 Å². The van der Waals surface area contributed by atoms with Crippen molar-refractivity contribution >= 4 is 15.7 Å². The Morgan fingerprint density at radius 2 is 1.90 bits per heavy atom. The van der Waals surface area contributed by atoms with E-state index in [1.165, 1.54) is 15.9 Å². The van der Waals surface area contributed by atoms with Crippen LogP contribution < -0.4 is 5.73 Å². The summed E-state index contributed by atoms with van der Waals surface area (Å²) in [5, 5.41) is 0. The second kappa shape index (κ2) is 5.42. The molecule has 1 aliphatic heterocycles. The minimum absolute atomic E-state index is 0.0408. The number of anilines is 1. The molecule has 6 heteroatoms. The standard InChI is InChI=1S/C15H21FN2O2S/c1-15(2,3)11-4-6-18(7-5-11)21(19,20)14-9-12(16)8-13(17)10-14/h4,8-10H,5-7,17H2,1-3H3. The number of benzene rings is 1. The van der Waals surface area contributed by atoms with E-state index in [0.717, 1.165) is 12.1 Å². The van der Waals surface area contributed by atoms with Crippen LogP contribution in [0, 0.1) is 11.2 Å². The van der Waals surface area contributed by atoms with Crippen molar-refractivity contribution < 1.29 is 12.8 Å². The monoisotopic (exact) mass is 312 g/mol. The topological polar surface area (TPSA) is 63.4 Å². The van der Waals surface area contributed by atoms with Gasteiger partial charge in [0.05, 0.1) is 4.90 Å². The minimum atomic E-state index is -3.71. The lowest BCUT2D eigenvalue weighted by molar-refractivity contribution is 0.389. The van der Waals surface area contributed by atoms with Crippen LogP contribution in [0.25, 0.3) is 0 Å². The molecule has 0 amide bonds. The molecule has 0 bridgehead atoms. The number of halogens is 1. The van der Waals surface area contributed by atoms with Crippen LogP contribution in [0.15, 0.2) is 34.7 Å². The third-order valence-corrected chi connectivity index (χ3v) is 5.51.